The summed E-state index contributed by atoms with van der Waals surface area (Å²) >= 11 is 1.54. The van der Waals surface area contributed by atoms with Gasteiger partial charge in [0.15, 0.2) is 0 Å². The first kappa shape index (κ1) is 10.4. The Labute approximate surface area is 82.9 Å². The lowest BCUT2D eigenvalue weighted by molar-refractivity contribution is 0.623. The van der Waals surface area contributed by atoms with Gasteiger partial charge in [0.1, 0.15) is 5.82 Å². The number of halogens is 1. The lowest BCUT2D eigenvalue weighted by Crippen LogP contribution is -1.93. The first-order valence-electron chi connectivity index (χ1n) is 4.38. The first-order valence-corrected chi connectivity index (χ1v) is 5.37. The molecule has 0 aromatic heterocycles. The van der Waals surface area contributed by atoms with Crippen LogP contribution in [0.5, 0.6) is 0 Å². The van der Waals surface area contributed by atoms with Gasteiger partial charge in [0.25, 0.3) is 0 Å². The summed E-state index contributed by atoms with van der Waals surface area (Å²) in [5.74, 6) is 0.846. The van der Waals surface area contributed by atoms with Crippen molar-refractivity contribution in [2.45, 2.75) is 20.3 Å². The zero-order valence-corrected chi connectivity index (χ0v) is 8.75. The van der Waals surface area contributed by atoms with E-state index in [0.29, 0.717) is 11.3 Å². The van der Waals surface area contributed by atoms with Gasteiger partial charge in [-0.3, -0.25) is 0 Å². The van der Waals surface area contributed by atoms with Crippen LogP contribution in [0.25, 0.3) is 0 Å². The van der Waals surface area contributed by atoms with Crippen LogP contribution >= 0.6 is 11.9 Å². The van der Waals surface area contributed by atoms with Gasteiger partial charge in [-0.1, -0.05) is 31.0 Å². The summed E-state index contributed by atoms with van der Waals surface area (Å²) in [6.07, 6.45) is 1.09. The van der Waals surface area contributed by atoms with E-state index >= 15 is 0 Å². The summed E-state index contributed by atoms with van der Waals surface area (Å²) in [6, 6.07) is 5.38. The Morgan fingerprint density at radius 2 is 2.23 bits per heavy atom. The predicted octanol–water partition coefficient (Wildman–Crippen LogP) is 3.60. The van der Waals surface area contributed by atoms with E-state index in [1.54, 1.807) is 19.1 Å². The van der Waals surface area contributed by atoms with E-state index in [4.69, 9.17) is 0 Å². The van der Waals surface area contributed by atoms with Crippen molar-refractivity contribution >= 4 is 17.6 Å². The van der Waals surface area contributed by atoms with E-state index in [-0.39, 0.29) is 5.82 Å². The maximum absolute atomic E-state index is 13.4. The number of aryl methyl sites for hydroxylation is 1. The van der Waals surface area contributed by atoms with Crippen LogP contribution in [0.3, 0.4) is 0 Å². The van der Waals surface area contributed by atoms with Crippen molar-refractivity contribution in [1.82, 2.24) is 0 Å². The Bertz CT molecular complexity index is 276. The number of hydrogen-bond donors (Lipinski definition) is 1. The molecular formula is C10H14FNS. The van der Waals surface area contributed by atoms with Crippen molar-refractivity contribution < 1.29 is 4.39 Å². The second-order valence-electron chi connectivity index (χ2n) is 2.89. The molecule has 1 rings (SSSR count). The molecule has 1 aromatic rings. The largest absolute Gasteiger partial charge is 0.327 e. The molecule has 0 amide bonds. The van der Waals surface area contributed by atoms with Crippen molar-refractivity contribution in [3.05, 3.63) is 29.6 Å². The molecule has 0 unspecified atom stereocenters. The van der Waals surface area contributed by atoms with Gasteiger partial charge in [0.2, 0.25) is 0 Å². The van der Waals surface area contributed by atoms with Crippen LogP contribution in [-0.4, -0.2) is 5.75 Å². The molecule has 0 aliphatic carbocycles. The zero-order valence-electron chi connectivity index (χ0n) is 7.93. The fourth-order valence-electron chi connectivity index (χ4n) is 0.957. The summed E-state index contributed by atoms with van der Waals surface area (Å²) in [6.45, 7) is 3.87. The smallest absolute Gasteiger partial charge is 0.150 e. The second kappa shape index (κ2) is 5.12. The van der Waals surface area contributed by atoms with Crippen LogP contribution in [0.2, 0.25) is 0 Å². The van der Waals surface area contributed by atoms with Gasteiger partial charge in [-0.15, -0.1) is 0 Å². The molecule has 3 heteroatoms. The molecular weight excluding hydrogens is 185 g/mol. The molecule has 0 fully saturated rings. The Hall–Kier alpha value is -0.700. The minimum absolute atomic E-state index is 0.147. The molecule has 1 aromatic carbocycles. The van der Waals surface area contributed by atoms with Crippen molar-refractivity contribution in [2.75, 3.05) is 10.5 Å². The molecule has 0 saturated heterocycles. The highest BCUT2D eigenvalue weighted by Crippen LogP contribution is 2.20. The molecule has 0 radical (unpaired) electrons. The predicted molar refractivity (Wildman–Crippen MR) is 57.5 cm³/mol. The SMILES string of the molecule is CCCSNc1cccc(C)c1F. The summed E-state index contributed by atoms with van der Waals surface area (Å²) in [7, 11) is 0. The van der Waals surface area contributed by atoms with E-state index in [0.717, 1.165) is 12.2 Å². The van der Waals surface area contributed by atoms with Crippen LogP contribution in [0.4, 0.5) is 10.1 Å². The topological polar surface area (TPSA) is 12.0 Å². The summed E-state index contributed by atoms with van der Waals surface area (Å²) in [5.41, 5.74) is 1.26. The molecule has 13 heavy (non-hydrogen) atoms. The summed E-state index contributed by atoms with van der Waals surface area (Å²) in [4.78, 5) is 0. The van der Waals surface area contributed by atoms with E-state index in [2.05, 4.69) is 11.6 Å². The monoisotopic (exact) mass is 199 g/mol. The van der Waals surface area contributed by atoms with Gasteiger partial charge in [-0.2, -0.15) is 0 Å². The molecule has 72 valence electrons. The van der Waals surface area contributed by atoms with E-state index < -0.39 is 0 Å². The number of rotatable bonds is 4. The fourth-order valence-corrected chi connectivity index (χ4v) is 1.58. The van der Waals surface area contributed by atoms with E-state index in [9.17, 15) is 4.39 Å². The highest BCUT2D eigenvalue weighted by atomic mass is 32.2. The number of benzene rings is 1. The Morgan fingerprint density at radius 1 is 1.46 bits per heavy atom. The fraction of sp³-hybridized carbons (Fsp3) is 0.400. The highest BCUT2D eigenvalue weighted by molar-refractivity contribution is 8.00. The standard InChI is InChI=1S/C10H14FNS/c1-3-7-13-12-9-6-4-5-8(2)10(9)11/h4-6,12H,3,7H2,1-2H3. The Balaban J connectivity index is 2.61. The van der Waals surface area contributed by atoms with Gasteiger partial charge in [-0.05, 0) is 25.0 Å². The molecule has 1 nitrogen and oxygen atoms in total. The van der Waals surface area contributed by atoms with E-state index in [1.807, 2.05) is 6.07 Å². The Kier molecular flexibility index (Phi) is 4.09. The third-order valence-corrected chi connectivity index (χ3v) is 2.66. The van der Waals surface area contributed by atoms with Crippen molar-refractivity contribution in [1.29, 1.82) is 0 Å². The third-order valence-electron chi connectivity index (χ3n) is 1.68. The number of nitrogens with one attached hydrogen (secondary N) is 1. The third kappa shape index (κ3) is 2.92. The molecule has 0 atom stereocenters. The van der Waals surface area contributed by atoms with E-state index in [1.165, 1.54) is 11.9 Å². The quantitative estimate of drug-likeness (QED) is 0.587. The van der Waals surface area contributed by atoms with Crippen molar-refractivity contribution in [3.8, 4) is 0 Å². The Morgan fingerprint density at radius 3 is 2.92 bits per heavy atom. The van der Waals surface area contributed by atoms with Crippen LogP contribution in [0.1, 0.15) is 18.9 Å². The average molecular weight is 199 g/mol. The maximum atomic E-state index is 13.4. The minimum Gasteiger partial charge on any atom is -0.327 e. The van der Waals surface area contributed by atoms with Gasteiger partial charge in [-0.25, -0.2) is 4.39 Å². The molecule has 0 bridgehead atoms. The lowest BCUT2D eigenvalue weighted by atomic mass is 10.2. The molecule has 0 spiro atoms. The van der Waals surface area contributed by atoms with Gasteiger partial charge in [0.05, 0.1) is 5.69 Å². The van der Waals surface area contributed by atoms with Gasteiger partial charge < -0.3 is 4.72 Å². The normalized spacial score (nSPS) is 10.1. The van der Waals surface area contributed by atoms with Crippen LogP contribution in [0.15, 0.2) is 18.2 Å². The van der Waals surface area contributed by atoms with Crippen LogP contribution in [-0.2, 0) is 0 Å². The molecule has 0 aliphatic heterocycles. The minimum atomic E-state index is -0.147. The maximum Gasteiger partial charge on any atom is 0.150 e. The van der Waals surface area contributed by atoms with Gasteiger partial charge >= 0.3 is 0 Å². The average Bonchev–Trinajstić information content (AvgIpc) is 2.13. The molecule has 0 saturated carbocycles. The lowest BCUT2D eigenvalue weighted by Gasteiger charge is -2.06. The molecule has 0 heterocycles. The molecule has 1 N–H and O–H groups in total. The number of hydrogen-bond acceptors (Lipinski definition) is 2. The second-order valence-corrected chi connectivity index (χ2v) is 3.79. The summed E-state index contributed by atoms with van der Waals surface area (Å²) < 4.78 is 16.3. The van der Waals surface area contributed by atoms with Crippen LogP contribution < -0.4 is 4.72 Å². The van der Waals surface area contributed by atoms with Crippen LogP contribution in [0, 0.1) is 12.7 Å². The first-order chi connectivity index (χ1) is 6.25. The number of anilines is 1. The summed E-state index contributed by atoms with van der Waals surface area (Å²) in [5, 5.41) is 0. The zero-order chi connectivity index (χ0) is 9.68. The van der Waals surface area contributed by atoms with Crippen molar-refractivity contribution in [3.63, 3.8) is 0 Å². The van der Waals surface area contributed by atoms with Gasteiger partial charge in [0, 0.05) is 5.75 Å². The highest BCUT2D eigenvalue weighted by Gasteiger charge is 2.02. The molecule has 0 aliphatic rings. The van der Waals surface area contributed by atoms with Crippen molar-refractivity contribution in [2.24, 2.45) is 0 Å².